The van der Waals surface area contributed by atoms with Crippen molar-refractivity contribution in [3.63, 3.8) is 0 Å². The van der Waals surface area contributed by atoms with Crippen molar-refractivity contribution in [2.45, 2.75) is 19.8 Å². The maximum Gasteiger partial charge on any atom is 0.306 e. The smallest absolute Gasteiger partial charge is 0.306 e. The Morgan fingerprint density at radius 2 is 1.94 bits per heavy atom. The molecule has 1 aromatic rings. The number of rotatable bonds is 6. The Morgan fingerprint density at radius 3 is 2.44 bits per heavy atom. The van der Waals surface area contributed by atoms with Gasteiger partial charge >= 0.3 is 5.97 Å². The van der Waals surface area contributed by atoms with E-state index in [1.165, 1.54) is 0 Å². The fraction of sp³-hybridized carbons (Fsp3) is 0.462. The lowest BCUT2D eigenvalue weighted by atomic mass is 9.94. The lowest BCUT2D eigenvalue weighted by Gasteiger charge is -2.13. The molecule has 5 heteroatoms. The molecule has 0 radical (unpaired) electrons. The van der Waals surface area contributed by atoms with E-state index in [4.69, 9.17) is 5.11 Å². The number of hydrogen-bond acceptors (Lipinski definition) is 3. The van der Waals surface area contributed by atoms with E-state index in [2.05, 4.69) is 0 Å². The second-order valence-corrected chi connectivity index (χ2v) is 6.84. The Labute approximate surface area is 108 Å². The van der Waals surface area contributed by atoms with Crippen LogP contribution in [0.3, 0.4) is 0 Å². The van der Waals surface area contributed by atoms with E-state index in [1.807, 2.05) is 31.2 Å². The molecule has 0 saturated carbocycles. The van der Waals surface area contributed by atoms with E-state index >= 15 is 0 Å². The SMILES string of the molecule is Cc1ccccc1CC(CCS(C)(=O)=O)C(=O)O. The summed E-state index contributed by atoms with van der Waals surface area (Å²) >= 11 is 0. The second kappa shape index (κ2) is 6.00. The van der Waals surface area contributed by atoms with E-state index in [0.717, 1.165) is 17.4 Å². The summed E-state index contributed by atoms with van der Waals surface area (Å²) in [4.78, 5) is 11.1. The zero-order chi connectivity index (χ0) is 13.8. The highest BCUT2D eigenvalue weighted by atomic mass is 32.2. The highest BCUT2D eigenvalue weighted by Crippen LogP contribution is 2.16. The minimum absolute atomic E-state index is 0.0875. The van der Waals surface area contributed by atoms with Crippen LogP contribution in [0.15, 0.2) is 24.3 Å². The normalized spacial score (nSPS) is 13.2. The van der Waals surface area contributed by atoms with E-state index in [1.54, 1.807) is 0 Å². The minimum atomic E-state index is -3.12. The van der Waals surface area contributed by atoms with Crippen LogP contribution in [0.4, 0.5) is 0 Å². The third-order valence-electron chi connectivity index (χ3n) is 2.91. The molecule has 0 amide bonds. The molecular formula is C13H18O4S. The number of hydrogen-bond donors (Lipinski definition) is 1. The monoisotopic (exact) mass is 270 g/mol. The van der Waals surface area contributed by atoms with Gasteiger partial charge in [0.15, 0.2) is 0 Å². The molecular weight excluding hydrogens is 252 g/mol. The van der Waals surface area contributed by atoms with Crippen LogP contribution in [0.1, 0.15) is 17.5 Å². The standard InChI is InChI=1S/C13H18O4S/c1-10-5-3-4-6-11(10)9-12(13(14)15)7-8-18(2,16)17/h3-6,12H,7-9H2,1-2H3,(H,14,15). The highest BCUT2D eigenvalue weighted by Gasteiger charge is 2.20. The molecule has 1 unspecified atom stereocenters. The number of carboxylic acids is 1. The molecule has 4 nitrogen and oxygen atoms in total. The number of sulfone groups is 1. The molecule has 0 aromatic heterocycles. The average Bonchev–Trinajstić information content (AvgIpc) is 2.24. The molecule has 1 N–H and O–H groups in total. The van der Waals surface area contributed by atoms with Crippen LogP contribution in [0, 0.1) is 12.8 Å². The first-order chi connectivity index (χ1) is 8.29. The van der Waals surface area contributed by atoms with Crippen LogP contribution in [-0.2, 0) is 21.1 Å². The van der Waals surface area contributed by atoms with E-state index in [-0.39, 0.29) is 12.2 Å². The van der Waals surface area contributed by atoms with Crippen molar-refractivity contribution in [2.75, 3.05) is 12.0 Å². The largest absolute Gasteiger partial charge is 0.481 e. The Balaban J connectivity index is 2.76. The first-order valence-corrected chi connectivity index (χ1v) is 7.80. The lowest BCUT2D eigenvalue weighted by molar-refractivity contribution is -0.141. The molecule has 1 rings (SSSR count). The maximum absolute atomic E-state index is 11.1. The molecule has 0 aliphatic rings. The predicted octanol–water partition coefficient (Wildman–Crippen LogP) is 1.67. The van der Waals surface area contributed by atoms with Crippen molar-refractivity contribution in [3.8, 4) is 0 Å². The van der Waals surface area contributed by atoms with Gasteiger partial charge in [0.25, 0.3) is 0 Å². The van der Waals surface area contributed by atoms with Crippen molar-refractivity contribution in [2.24, 2.45) is 5.92 Å². The summed E-state index contributed by atoms with van der Waals surface area (Å²) in [5.41, 5.74) is 1.99. The van der Waals surface area contributed by atoms with Gasteiger partial charge in [0.05, 0.1) is 11.7 Å². The van der Waals surface area contributed by atoms with Crippen molar-refractivity contribution >= 4 is 15.8 Å². The Kier molecular flexibility index (Phi) is 4.90. The molecule has 0 saturated heterocycles. The Morgan fingerprint density at radius 1 is 1.33 bits per heavy atom. The van der Waals surface area contributed by atoms with Gasteiger partial charge in [-0.05, 0) is 30.9 Å². The highest BCUT2D eigenvalue weighted by molar-refractivity contribution is 7.90. The average molecular weight is 270 g/mol. The van der Waals surface area contributed by atoms with Gasteiger partial charge in [-0.3, -0.25) is 4.79 Å². The fourth-order valence-electron chi connectivity index (χ4n) is 1.77. The molecule has 100 valence electrons. The van der Waals surface area contributed by atoms with Gasteiger partial charge < -0.3 is 5.11 Å². The predicted molar refractivity (Wildman–Crippen MR) is 70.3 cm³/mol. The first kappa shape index (κ1) is 14.7. The molecule has 0 bridgehead atoms. The fourth-order valence-corrected chi connectivity index (χ4v) is 2.49. The molecule has 0 spiro atoms. The summed E-state index contributed by atoms with van der Waals surface area (Å²) < 4.78 is 22.2. The molecule has 0 heterocycles. The van der Waals surface area contributed by atoms with E-state index < -0.39 is 21.7 Å². The first-order valence-electron chi connectivity index (χ1n) is 5.74. The molecule has 1 aromatic carbocycles. The minimum Gasteiger partial charge on any atom is -0.481 e. The second-order valence-electron chi connectivity index (χ2n) is 4.58. The van der Waals surface area contributed by atoms with Crippen LogP contribution in [0.5, 0.6) is 0 Å². The van der Waals surface area contributed by atoms with Gasteiger partial charge in [-0.25, -0.2) is 8.42 Å². The Hall–Kier alpha value is -1.36. The maximum atomic E-state index is 11.1. The number of aryl methyl sites for hydroxylation is 1. The van der Waals surface area contributed by atoms with E-state index in [0.29, 0.717) is 6.42 Å². The summed E-state index contributed by atoms with van der Waals surface area (Å²) in [5.74, 6) is -1.68. The zero-order valence-corrected chi connectivity index (χ0v) is 11.4. The van der Waals surface area contributed by atoms with Crippen LogP contribution >= 0.6 is 0 Å². The van der Waals surface area contributed by atoms with Gasteiger partial charge in [0.1, 0.15) is 9.84 Å². The molecule has 1 atom stereocenters. The number of benzene rings is 1. The molecule has 0 aliphatic carbocycles. The van der Waals surface area contributed by atoms with Crippen LogP contribution in [-0.4, -0.2) is 31.5 Å². The van der Waals surface area contributed by atoms with Crippen LogP contribution < -0.4 is 0 Å². The quantitative estimate of drug-likeness (QED) is 0.853. The third kappa shape index (κ3) is 4.87. The Bertz CT molecular complexity index is 520. The van der Waals surface area contributed by atoms with E-state index in [9.17, 15) is 13.2 Å². The number of carbonyl (C=O) groups is 1. The third-order valence-corrected chi connectivity index (χ3v) is 3.89. The molecule has 0 fully saturated rings. The zero-order valence-electron chi connectivity index (χ0n) is 10.6. The lowest BCUT2D eigenvalue weighted by Crippen LogP contribution is -2.20. The summed E-state index contributed by atoms with van der Waals surface area (Å²) in [6, 6.07) is 7.56. The summed E-state index contributed by atoms with van der Waals surface area (Å²) in [7, 11) is -3.12. The van der Waals surface area contributed by atoms with Gasteiger partial charge in [-0.15, -0.1) is 0 Å². The number of carboxylic acid groups (broad SMARTS) is 1. The van der Waals surface area contributed by atoms with Crippen molar-refractivity contribution in [1.82, 2.24) is 0 Å². The van der Waals surface area contributed by atoms with Gasteiger partial charge in [0, 0.05) is 6.26 Å². The van der Waals surface area contributed by atoms with Crippen molar-refractivity contribution < 1.29 is 18.3 Å². The van der Waals surface area contributed by atoms with Gasteiger partial charge in [-0.2, -0.15) is 0 Å². The topological polar surface area (TPSA) is 71.4 Å². The van der Waals surface area contributed by atoms with Crippen molar-refractivity contribution in [1.29, 1.82) is 0 Å². The molecule has 0 aliphatic heterocycles. The van der Waals surface area contributed by atoms with Crippen LogP contribution in [0.25, 0.3) is 0 Å². The molecule has 18 heavy (non-hydrogen) atoms. The van der Waals surface area contributed by atoms with Crippen molar-refractivity contribution in [3.05, 3.63) is 35.4 Å². The van der Waals surface area contributed by atoms with Gasteiger partial charge in [-0.1, -0.05) is 24.3 Å². The summed E-state index contributed by atoms with van der Waals surface area (Å²) in [6.45, 7) is 1.92. The van der Waals surface area contributed by atoms with Gasteiger partial charge in [0.2, 0.25) is 0 Å². The summed E-state index contributed by atoms with van der Waals surface area (Å²) in [6.07, 6.45) is 1.65. The summed E-state index contributed by atoms with van der Waals surface area (Å²) in [5, 5.41) is 9.13. The van der Waals surface area contributed by atoms with Crippen LogP contribution in [0.2, 0.25) is 0 Å². The number of aliphatic carboxylic acids is 1.